The molecule has 2 aromatic carbocycles. The number of rotatable bonds is 7. The molecule has 30 heavy (non-hydrogen) atoms. The van der Waals surface area contributed by atoms with E-state index in [4.69, 9.17) is 0 Å². The lowest BCUT2D eigenvalue weighted by atomic mass is 10.0. The number of hydrogen-bond acceptors (Lipinski definition) is 4. The standard InChI is InChI=1S/C25H24N4O.2H2/c30-24(26-15-14-19-8-3-1-4-9-19)21-12-7-13-23(16-21)29-25-27-17-22(18-28-25)20-10-5-2-6-11-20;;/h2-3,5-13,16-18H,1,4,14-15H2,(H,26,30)(H,27,28,29);2*1H. The van der Waals surface area contributed by atoms with Crippen molar-refractivity contribution >= 4 is 17.5 Å². The molecule has 1 aromatic heterocycles. The highest BCUT2D eigenvalue weighted by Crippen LogP contribution is 2.19. The van der Waals surface area contributed by atoms with Crippen LogP contribution in [0.5, 0.6) is 0 Å². The van der Waals surface area contributed by atoms with Crippen LogP contribution in [0.2, 0.25) is 0 Å². The summed E-state index contributed by atoms with van der Waals surface area (Å²) >= 11 is 0. The fourth-order valence-electron chi connectivity index (χ4n) is 3.32. The van der Waals surface area contributed by atoms with E-state index in [0.717, 1.165) is 36.1 Å². The van der Waals surface area contributed by atoms with Gasteiger partial charge in [0.05, 0.1) is 0 Å². The highest BCUT2D eigenvalue weighted by atomic mass is 16.1. The average molecular weight is 401 g/mol. The van der Waals surface area contributed by atoms with Crippen molar-refractivity contribution in [2.45, 2.75) is 19.3 Å². The summed E-state index contributed by atoms with van der Waals surface area (Å²) in [6.45, 7) is 0.622. The molecule has 3 aromatic rings. The van der Waals surface area contributed by atoms with E-state index in [1.165, 1.54) is 5.57 Å². The van der Waals surface area contributed by atoms with Crippen LogP contribution in [-0.2, 0) is 0 Å². The Bertz CT molecular complexity index is 1070. The number of amides is 1. The normalized spacial score (nSPS) is 12.9. The molecule has 0 fully saturated rings. The largest absolute Gasteiger partial charge is 0.352 e. The summed E-state index contributed by atoms with van der Waals surface area (Å²) in [7, 11) is 0. The van der Waals surface area contributed by atoms with Gasteiger partial charge in [0, 0.05) is 38.6 Å². The molecule has 1 amide bonds. The van der Waals surface area contributed by atoms with Crippen LogP contribution in [0.25, 0.3) is 11.1 Å². The van der Waals surface area contributed by atoms with Crippen molar-refractivity contribution in [2.24, 2.45) is 0 Å². The number of carbonyl (C=O) groups is 1. The maximum absolute atomic E-state index is 12.5. The fourth-order valence-corrected chi connectivity index (χ4v) is 3.32. The van der Waals surface area contributed by atoms with Gasteiger partial charge in [0.2, 0.25) is 5.95 Å². The van der Waals surface area contributed by atoms with Crippen molar-refractivity contribution in [1.82, 2.24) is 15.3 Å². The maximum Gasteiger partial charge on any atom is 0.251 e. The summed E-state index contributed by atoms with van der Waals surface area (Å²) in [5, 5.41) is 6.16. The summed E-state index contributed by atoms with van der Waals surface area (Å²) in [4.78, 5) is 21.3. The smallest absolute Gasteiger partial charge is 0.251 e. The predicted molar refractivity (Wildman–Crippen MR) is 125 cm³/mol. The highest BCUT2D eigenvalue weighted by molar-refractivity contribution is 5.95. The lowest BCUT2D eigenvalue weighted by Gasteiger charge is -2.10. The van der Waals surface area contributed by atoms with Crippen molar-refractivity contribution in [3.05, 3.63) is 96.4 Å². The molecule has 5 heteroatoms. The van der Waals surface area contributed by atoms with Crippen LogP contribution in [0.1, 0.15) is 32.5 Å². The molecule has 154 valence electrons. The second kappa shape index (κ2) is 9.65. The van der Waals surface area contributed by atoms with E-state index < -0.39 is 0 Å². The molecule has 5 nitrogen and oxygen atoms in total. The zero-order valence-corrected chi connectivity index (χ0v) is 16.7. The van der Waals surface area contributed by atoms with Crippen molar-refractivity contribution in [3.63, 3.8) is 0 Å². The quantitative estimate of drug-likeness (QED) is 0.528. The minimum absolute atomic E-state index is 0. The molecule has 0 spiro atoms. The van der Waals surface area contributed by atoms with Crippen LogP contribution >= 0.6 is 0 Å². The third-order valence-corrected chi connectivity index (χ3v) is 4.91. The van der Waals surface area contributed by atoms with Crippen molar-refractivity contribution in [3.8, 4) is 11.1 Å². The van der Waals surface area contributed by atoms with Gasteiger partial charge in [-0.2, -0.15) is 0 Å². The third-order valence-electron chi connectivity index (χ3n) is 4.91. The molecule has 0 radical (unpaired) electrons. The Balaban J connectivity index is 0.00000181. The second-order valence-electron chi connectivity index (χ2n) is 7.13. The summed E-state index contributed by atoms with van der Waals surface area (Å²) in [6.07, 6.45) is 13.2. The molecule has 0 saturated carbocycles. The minimum atomic E-state index is -0.0839. The van der Waals surface area contributed by atoms with Crippen molar-refractivity contribution in [2.75, 3.05) is 11.9 Å². The van der Waals surface area contributed by atoms with E-state index in [9.17, 15) is 4.79 Å². The van der Waals surface area contributed by atoms with Gasteiger partial charge in [-0.05, 0) is 43.0 Å². The molecular weight excluding hydrogens is 372 g/mol. The van der Waals surface area contributed by atoms with Gasteiger partial charge in [0.25, 0.3) is 5.91 Å². The van der Waals surface area contributed by atoms with Crippen LogP contribution in [0, 0.1) is 0 Å². The second-order valence-corrected chi connectivity index (χ2v) is 7.13. The molecule has 1 aliphatic carbocycles. The molecule has 0 saturated heterocycles. The molecule has 0 atom stereocenters. The fraction of sp³-hybridized carbons (Fsp3) is 0.160. The number of benzene rings is 2. The topological polar surface area (TPSA) is 66.9 Å². The minimum Gasteiger partial charge on any atom is -0.352 e. The van der Waals surface area contributed by atoms with Gasteiger partial charge in [-0.1, -0.05) is 60.2 Å². The molecule has 1 heterocycles. The molecule has 0 aliphatic heterocycles. The summed E-state index contributed by atoms with van der Waals surface area (Å²) in [5.74, 6) is 0.405. The average Bonchev–Trinajstić information content (AvgIpc) is 2.81. The van der Waals surface area contributed by atoms with E-state index >= 15 is 0 Å². The molecule has 4 rings (SSSR count). The van der Waals surface area contributed by atoms with Crippen LogP contribution < -0.4 is 10.6 Å². The number of allylic oxidation sites excluding steroid dienone is 3. The summed E-state index contributed by atoms with van der Waals surface area (Å²) in [5.41, 5.74) is 4.69. The first-order chi connectivity index (χ1) is 14.8. The predicted octanol–water partition coefficient (Wildman–Crippen LogP) is 5.78. The third kappa shape index (κ3) is 5.20. The van der Waals surface area contributed by atoms with E-state index in [1.807, 2.05) is 48.5 Å². The molecule has 0 unspecified atom stereocenters. The van der Waals surface area contributed by atoms with Crippen LogP contribution in [0.3, 0.4) is 0 Å². The number of hydrogen-bond donors (Lipinski definition) is 2. The monoisotopic (exact) mass is 400 g/mol. The highest BCUT2D eigenvalue weighted by Gasteiger charge is 2.07. The van der Waals surface area contributed by atoms with E-state index in [-0.39, 0.29) is 8.76 Å². The van der Waals surface area contributed by atoms with Gasteiger partial charge in [-0.15, -0.1) is 0 Å². The van der Waals surface area contributed by atoms with Gasteiger partial charge in [0.15, 0.2) is 0 Å². The Kier molecular flexibility index (Phi) is 6.30. The first-order valence-electron chi connectivity index (χ1n) is 10.2. The molecular formula is C25H28N4O. The van der Waals surface area contributed by atoms with Crippen molar-refractivity contribution < 1.29 is 7.65 Å². The zero-order valence-electron chi connectivity index (χ0n) is 16.7. The lowest BCUT2D eigenvalue weighted by Crippen LogP contribution is -2.24. The number of carbonyl (C=O) groups excluding carboxylic acids is 1. The van der Waals surface area contributed by atoms with E-state index in [1.54, 1.807) is 18.5 Å². The van der Waals surface area contributed by atoms with Crippen LogP contribution in [0.4, 0.5) is 11.6 Å². The number of anilines is 2. The maximum atomic E-state index is 12.5. The van der Waals surface area contributed by atoms with Gasteiger partial charge >= 0.3 is 0 Å². The van der Waals surface area contributed by atoms with Crippen LogP contribution in [0.15, 0.2) is 90.8 Å². The van der Waals surface area contributed by atoms with Gasteiger partial charge in [-0.3, -0.25) is 4.79 Å². The van der Waals surface area contributed by atoms with E-state index in [0.29, 0.717) is 18.1 Å². The molecule has 2 N–H and O–H groups in total. The summed E-state index contributed by atoms with van der Waals surface area (Å²) in [6, 6.07) is 17.4. The van der Waals surface area contributed by atoms with Crippen LogP contribution in [-0.4, -0.2) is 22.4 Å². The number of aromatic nitrogens is 2. The SMILES string of the molecule is O=C(NCCC1=CCCC=C1)c1cccc(Nc2ncc(-c3ccccc3)cn2)c1.[HH].[HH]. The van der Waals surface area contributed by atoms with Gasteiger partial charge < -0.3 is 10.6 Å². The Morgan fingerprint density at radius 3 is 2.57 bits per heavy atom. The molecule has 0 bridgehead atoms. The Labute approximate surface area is 179 Å². The van der Waals surface area contributed by atoms with Crippen molar-refractivity contribution in [1.29, 1.82) is 0 Å². The Morgan fingerprint density at radius 1 is 0.967 bits per heavy atom. The summed E-state index contributed by atoms with van der Waals surface area (Å²) < 4.78 is 0. The molecule has 1 aliphatic rings. The Hall–Kier alpha value is -3.73. The number of nitrogens with zero attached hydrogens (tertiary/aromatic N) is 2. The van der Waals surface area contributed by atoms with E-state index in [2.05, 4.69) is 38.8 Å². The lowest BCUT2D eigenvalue weighted by molar-refractivity contribution is 0.0954. The van der Waals surface area contributed by atoms with Gasteiger partial charge in [0.1, 0.15) is 0 Å². The zero-order chi connectivity index (χ0) is 20.6. The first kappa shape index (κ1) is 19.6. The first-order valence-corrected chi connectivity index (χ1v) is 10.2. The van der Waals surface area contributed by atoms with Gasteiger partial charge in [-0.25, -0.2) is 9.97 Å². The number of nitrogens with one attached hydrogen (secondary N) is 2. The Morgan fingerprint density at radius 2 is 1.80 bits per heavy atom.